The van der Waals surface area contributed by atoms with Gasteiger partial charge in [-0.2, -0.15) is 0 Å². The number of hydrogen-bond acceptors (Lipinski definition) is 3. The van der Waals surface area contributed by atoms with Crippen molar-refractivity contribution < 1.29 is 0 Å². The molecule has 0 atom stereocenters. The summed E-state index contributed by atoms with van der Waals surface area (Å²) in [6, 6.07) is 86.3. The molecule has 69 heavy (non-hydrogen) atoms. The zero-order chi connectivity index (χ0) is 45.4. The van der Waals surface area contributed by atoms with Crippen molar-refractivity contribution in [1.29, 1.82) is 0 Å². The lowest BCUT2D eigenvalue weighted by atomic mass is 9.97. The van der Waals surface area contributed by atoms with Crippen LogP contribution in [0.25, 0.3) is 128 Å². The Labute approximate surface area is 397 Å². The number of rotatable bonds is 7. The molecule has 14 aromatic rings. The van der Waals surface area contributed by atoms with Crippen molar-refractivity contribution in [3.63, 3.8) is 0 Å². The quantitative estimate of drug-likeness (QED) is 0.160. The van der Waals surface area contributed by atoms with E-state index in [9.17, 15) is 0 Å². The highest BCUT2D eigenvalue weighted by Gasteiger charge is 2.25. The van der Waals surface area contributed by atoms with Crippen LogP contribution in [0.15, 0.2) is 243 Å². The number of benzene rings is 10. The van der Waals surface area contributed by atoms with Gasteiger partial charge in [-0.15, -0.1) is 0 Å². The molecule has 4 aromatic heterocycles. The van der Waals surface area contributed by atoms with E-state index in [1.807, 2.05) is 18.2 Å². The Hall–Kier alpha value is -9.39. The number of hydrogen-bond donors (Lipinski definition) is 0. The minimum Gasteiger partial charge on any atom is -0.309 e. The third kappa shape index (κ3) is 6.16. The summed E-state index contributed by atoms with van der Waals surface area (Å²) in [6.45, 7) is 0. The minimum absolute atomic E-state index is 0.578. The first-order valence-electron chi connectivity index (χ1n) is 23.4. The predicted octanol–water partition coefficient (Wildman–Crippen LogP) is 15.8. The lowest BCUT2D eigenvalue weighted by molar-refractivity contribution is 1.07. The van der Waals surface area contributed by atoms with Crippen LogP contribution in [0.2, 0.25) is 0 Å². The summed E-state index contributed by atoms with van der Waals surface area (Å²) in [5.41, 5.74) is 14.8. The molecule has 6 heteroatoms. The molecule has 6 nitrogen and oxygen atoms in total. The van der Waals surface area contributed by atoms with Crippen LogP contribution in [0.1, 0.15) is 0 Å². The first kappa shape index (κ1) is 38.8. The van der Waals surface area contributed by atoms with E-state index in [1.165, 1.54) is 26.9 Å². The summed E-state index contributed by atoms with van der Waals surface area (Å²) in [5, 5.41) is 7.05. The molecule has 0 fully saturated rings. The Balaban J connectivity index is 1.10. The van der Waals surface area contributed by atoms with Crippen LogP contribution in [-0.4, -0.2) is 28.7 Å². The fourth-order valence-corrected chi connectivity index (χ4v) is 10.7. The normalized spacial score (nSPS) is 11.8. The zero-order valence-corrected chi connectivity index (χ0v) is 37.3. The second-order valence-corrected chi connectivity index (χ2v) is 17.6. The van der Waals surface area contributed by atoms with Crippen molar-refractivity contribution in [3.8, 4) is 62.4 Å². The zero-order valence-electron chi connectivity index (χ0n) is 37.3. The van der Waals surface area contributed by atoms with Crippen molar-refractivity contribution in [2.24, 2.45) is 0 Å². The molecule has 0 saturated heterocycles. The fraction of sp³-hybridized carbons (Fsp3) is 0. The van der Waals surface area contributed by atoms with Crippen LogP contribution < -0.4 is 0 Å². The van der Waals surface area contributed by atoms with Gasteiger partial charge in [0.15, 0.2) is 17.5 Å². The van der Waals surface area contributed by atoms with Gasteiger partial charge in [0, 0.05) is 60.3 Å². The van der Waals surface area contributed by atoms with E-state index in [4.69, 9.17) is 15.0 Å². The molecule has 0 amide bonds. The Morgan fingerprint density at radius 1 is 0.232 bits per heavy atom. The van der Waals surface area contributed by atoms with Crippen LogP contribution >= 0.6 is 0 Å². The summed E-state index contributed by atoms with van der Waals surface area (Å²) in [6.07, 6.45) is 0. The SMILES string of the molecule is c1ccc(-c2nc(-c3cc(-n4c5ccccc5c5ccccc54)c(-c4ccccc4)c(-n4c5ccccc5c5ccccc54)c3)nc(-c3ccc4c(c3)c3ccccc3n4-c3ccccc3)n2)cc1. The van der Waals surface area contributed by atoms with Crippen molar-refractivity contribution in [2.45, 2.75) is 0 Å². The van der Waals surface area contributed by atoms with E-state index >= 15 is 0 Å². The monoisotopic (exact) mass is 880 g/mol. The van der Waals surface area contributed by atoms with Gasteiger partial charge in [0.25, 0.3) is 0 Å². The second-order valence-electron chi connectivity index (χ2n) is 17.6. The Morgan fingerprint density at radius 3 is 1.06 bits per heavy atom. The number of para-hydroxylation sites is 6. The second kappa shape index (κ2) is 15.6. The third-order valence-electron chi connectivity index (χ3n) is 13.7. The maximum Gasteiger partial charge on any atom is 0.164 e. The molecule has 0 N–H and O–H groups in total. The molecule has 0 spiro atoms. The Morgan fingerprint density at radius 2 is 0.580 bits per heavy atom. The van der Waals surface area contributed by atoms with Gasteiger partial charge in [-0.25, -0.2) is 15.0 Å². The van der Waals surface area contributed by atoms with Crippen LogP contribution in [0.5, 0.6) is 0 Å². The van der Waals surface area contributed by atoms with Gasteiger partial charge in [-0.05, 0) is 78.4 Å². The van der Waals surface area contributed by atoms with E-state index < -0.39 is 0 Å². The molecule has 0 radical (unpaired) electrons. The molecule has 0 aliphatic heterocycles. The number of fused-ring (bicyclic) bond motifs is 9. The summed E-state index contributed by atoms with van der Waals surface area (Å²) >= 11 is 0. The van der Waals surface area contributed by atoms with Gasteiger partial charge in [-0.3, -0.25) is 0 Å². The van der Waals surface area contributed by atoms with Gasteiger partial charge in [-0.1, -0.05) is 170 Å². The largest absolute Gasteiger partial charge is 0.309 e. The molecular formula is C63H40N6. The average Bonchev–Trinajstić information content (AvgIpc) is 4.07. The van der Waals surface area contributed by atoms with Gasteiger partial charge in [0.05, 0.1) is 44.5 Å². The third-order valence-corrected chi connectivity index (χ3v) is 13.7. The smallest absolute Gasteiger partial charge is 0.164 e. The summed E-state index contributed by atoms with van der Waals surface area (Å²) in [4.78, 5) is 16.2. The average molecular weight is 881 g/mol. The van der Waals surface area contributed by atoms with Crippen LogP contribution in [0.3, 0.4) is 0 Å². The summed E-state index contributed by atoms with van der Waals surface area (Å²) in [5.74, 6) is 1.78. The molecular weight excluding hydrogens is 841 g/mol. The molecule has 0 aliphatic rings. The van der Waals surface area contributed by atoms with E-state index in [0.29, 0.717) is 17.5 Å². The number of aromatic nitrogens is 6. The molecule has 0 unspecified atom stereocenters. The van der Waals surface area contributed by atoms with Gasteiger partial charge in [0.1, 0.15) is 0 Å². The molecule has 0 aliphatic carbocycles. The van der Waals surface area contributed by atoms with E-state index in [1.54, 1.807) is 0 Å². The molecule has 4 heterocycles. The molecule has 0 bridgehead atoms. The molecule has 14 rings (SSSR count). The van der Waals surface area contributed by atoms with Crippen molar-refractivity contribution in [2.75, 3.05) is 0 Å². The van der Waals surface area contributed by atoms with Crippen molar-refractivity contribution >= 4 is 65.4 Å². The topological polar surface area (TPSA) is 53.5 Å². The summed E-state index contributed by atoms with van der Waals surface area (Å²) < 4.78 is 7.21. The van der Waals surface area contributed by atoms with Crippen LogP contribution in [0.4, 0.5) is 0 Å². The van der Waals surface area contributed by atoms with Crippen molar-refractivity contribution in [1.82, 2.24) is 28.7 Å². The molecule has 10 aromatic carbocycles. The Kier molecular flexibility index (Phi) is 8.79. The Bertz CT molecular complexity index is 4060. The molecule has 0 saturated carbocycles. The lowest BCUT2D eigenvalue weighted by Crippen LogP contribution is -2.06. The van der Waals surface area contributed by atoms with Crippen LogP contribution in [0, 0.1) is 0 Å². The van der Waals surface area contributed by atoms with Gasteiger partial charge in [0.2, 0.25) is 0 Å². The van der Waals surface area contributed by atoms with E-state index in [2.05, 4.69) is 238 Å². The van der Waals surface area contributed by atoms with Crippen molar-refractivity contribution in [3.05, 3.63) is 243 Å². The standard InChI is InChI=1S/C63H40N6/c1-4-20-41(21-5-1)60-58(68-53-32-16-10-26-46(53)47-27-11-17-33-54(47)68)39-44(40-59(60)69-55-34-18-12-28-48(55)49-29-13-19-35-56(49)69)63-65-61(42-22-6-2-7-23-42)64-62(66-63)43-36-37-57-51(38-43)50-30-14-15-31-52(50)67(57)45-24-8-3-9-25-45/h1-40H. The molecule has 322 valence electrons. The highest BCUT2D eigenvalue weighted by Crippen LogP contribution is 2.44. The fourth-order valence-electron chi connectivity index (χ4n) is 10.7. The highest BCUT2D eigenvalue weighted by molar-refractivity contribution is 6.13. The minimum atomic E-state index is 0.578. The summed E-state index contributed by atoms with van der Waals surface area (Å²) in [7, 11) is 0. The predicted molar refractivity (Wildman–Crippen MR) is 285 cm³/mol. The maximum atomic E-state index is 5.50. The van der Waals surface area contributed by atoms with Crippen LogP contribution in [-0.2, 0) is 0 Å². The van der Waals surface area contributed by atoms with E-state index in [0.717, 1.165) is 83.4 Å². The van der Waals surface area contributed by atoms with E-state index in [-0.39, 0.29) is 0 Å². The lowest BCUT2D eigenvalue weighted by Gasteiger charge is -2.22. The number of nitrogens with zero attached hydrogens (tertiary/aromatic N) is 6. The maximum absolute atomic E-state index is 5.50. The van der Waals surface area contributed by atoms with Gasteiger partial charge < -0.3 is 13.7 Å². The first-order chi connectivity index (χ1) is 34.2. The van der Waals surface area contributed by atoms with Gasteiger partial charge >= 0.3 is 0 Å². The first-order valence-corrected chi connectivity index (χ1v) is 23.4. The highest BCUT2D eigenvalue weighted by atomic mass is 15.1.